The lowest BCUT2D eigenvalue weighted by atomic mass is 9.90. The Balaban J connectivity index is 1.46. The molecular weight excluding hydrogens is 342 g/mol. The number of rotatable bonds is 4. The Hall–Kier alpha value is -3.35. The summed E-state index contributed by atoms with van der Waals surface area (Å²) in [5.74, 6) is 0.499. The van der Waals surface area contributed by atoms with Gasteiger partial charge >= 0.3 is 0 Å². The molecule has 1 unspecified atom stereocenters. The van der Waals surface area contributed by atoms with Crippen molar-refractivity contribution in [3.8, 4) is 5.82 Å². The zero-order valence-electron chi connectivity index (χ0n) is 14.7. The fourth-order valence-corrected chi connectivity index (χ4v) is 3.38. The Morgan fingerprint density at radius 2 is 1.74 bits per heavy atom. The summed E-state index contributed by atoms with van der Waals surface area (Å²) in [4.78, 5) is 31.6. The van der Waals surface area contributed by atoms with E-state index in [1.165, 1.54) is 0 Å². The van der Waals surface area contributed by atoms with Crippen molar-refractivity contribution in [2.45, 2.75) is 12.8 Å². The molecule has 1 amide bonds. The number of carbonyl (C=O) groups excluding carboxylic acids is 2. The van der Waals surface area contributed by atoms with Crippen LogP contribution in [0.2, 0.25) is 0 Å². The zero-order valence-corrected chi connectivity index (χ0v) is 14.7. The number of Topliss-reactive ketones (excluding diaryl/α,β-unsaturated/α-hetero) is 1. The van der Waals surface area contributed by atoms with Gasteiger partial charge in [-0.2, -0.15) is 0 Å². The van der Waals surface area contributed by atoms with Gasteiger partial charge in [0.25, 0.3) is 5.91 Å². The minimum atomic E-state index is -0.158. The Kier molecular flexibility index (Phi) is 4.74. The highest BCUT2D eigenvalue weighted by Crippen LogP contribution is 2.22. The summed E-state index contributed by atoms with van der Waals surface area (Å²) in [6.45, 7) is 1.10. The van der Waals surface area contributed by atoms with Crippen LogP contribution < -0.4 is 0 Å². The molecule has 0 bridgehead atoms. The molecule has 1 fully saturated rings. The lowest BCUT2D eigenvalue weighted by molar-refractivity contribution is 0.0636. The molecule has 0 N–H and O–H groups in total. The maximum Gasteiger partial charge on any atom is 0.255 e. The molecule has 3 heterocycles. The standard InChI is InChI=1S/C20H19N5O2/c26-19(15-5-2-1-3-6-15)17-7-4-10-24(12-17)20(27)16-8-9-18(21-11-16)25-13-22-23-14-25/h1-3,5-6,8-9,11,13-14,17H,4,7,10,12H2. The molecule has 7 heteroatoms. The molecule has 27 heavy (non-hydrogen) atoms. The number of likely N-dealkylation sites (tertiary alicyclic amines) is 1. The van der Waals surface area contributed by atoms with Crippen LogP contribution in [-0.4, -0.2) is 49.4 Å². The van der Waals surface area contributed by atoms with Gasteiger partial charge in [0.1, 0.15) is 18.5 Å². The van der Waals surface area contributed by atoms with Crippen molar-refractivity contribution in [2.24, 2.45) is 5.92 Å². The fraction of sp³-hybridized carbons (Fsp3) is 0.250. The Labute approximate surface area is 156 Å². The summed E-state index contributed by atoms with van der Waals surface area (Å²) in [6, 6.07) is 12.8. The predicted octanol–water partition coefficient (Wildman–Crippen LogP) is 2.40. The Bertz CT molecular complexity index is 923. The SMILES string of the molecule is O=C(c1ccccc1)C1CCCN(C(=O)c2ccc(-n3cnnc3)nc2)C1. The molecule has 0 saturated carbocycles. The van der Waals surface area contributed by atoms with Gasteiger partial charge in [-0.3, -0.25) is 14.2 Å². The smallest absolute Gasteiger partial charge is 0.255 e. The molecule has 2 aromatic heterocycles. The minimum Gasteiger partial charge on any atom is -0.338 e. The zero-order chi connectivity index (χ0) is 18.6. The van der Waals surface area contributed by atoms with Crippen molar-refractivity contribution < 1.29 is 9.59 Å². The van der Waals surface area contributed by atoms with Crippen LogP contribution in [0.3, 0.4) is 0 Å². The highest BCUT2D eigenvalue weighted by molar-refractivity contribution is 5.99. The molecule has 1 atom stereocenters. The van der Waals surface area contributed by atoms with Crippen LogP contribution in [0.25, 0.3) is 5.82 Å². The highest BCUT2D eigenvalue weighted by atomic mass is 16.2. The minimum absolute atomic E-state index is 0.0941. The topological polar surface area (TPSA) is 81.0 Å². The van der Waals surface area contributed by atoms with Gasteiger partial charge < -0.3 is 4.90 Å². The van der Waals surface area contributed by atoms with Gasteiger partial charge in [0.15, 0.2) is 5.78 Å². The summed E-state index contributed by atoms with van der Waals surface area (Å²) in [5.41, 5.74) is 1.22. The van der Waals surface area contributed by atoms with Gasteiger partial charge in [0.2, 0.25) is 0 Å². The van der Waals surface area contributed by atoms with Crippen LogP contribution >= 0.6 is 0 Å². The van der Waals surface area contributed by atoms with Crippen LogP contribution in [0.15, 0.2) is 61.3 Å². The van der Waals surface area contributed by atoms with Gasteiger partial charge in [-0.25, -0.2) is 4.98 Å². The average molecular weight is 361 g/mol. The molecular formula is C20H19N5O2. The third-order valence-electron chi connectivity index (χ3n) is 4.82. The van der Waals surface area contributed by atoms with Crippen molar-refractivity contribution in [3.05, 3.63) is 72.4 Å². The molecule has 7 nitrogen and oxygen atoms in total. The van der Waals surface area contributed by atoms with Crippen LogP contribution in [0.1, 0.15) is 33.6 Å². The van der Waals surface area contributed by atoms with Crippen LogP contribution in [0.5, 0.6) is 0 Å². The van der Waals surface area contributed by atoms with E-state index >= 15 is 0 Å². The number of benzene rings is 1. The van der Waals surface area contributed by atoms with Crippen LogP contribution in [0.4, 0.5) is 0 Å². The second kappa shape index (κ2) is 7.49. The summed E-state index contributed by atoms with van der Waals surface area (Å²) in [5, 5.41) is 7.49. The fourth-order valence-electron chi connectivity index (χ4n) is 3.38. The predicted molar refractivity (Wildman–Crippen MR) is 98.6 cm³/mol. The number of pyridine rings is 1. The first-order valence-corrected chi connectivity index (χ1v) is 8.92. The lowest BCUT2D eigenvalue weighted by Gasteiger charge is -2.32. The van der Waals surface area contributed by atoms with Crippen molar-refractivity contribution in [1.29, 1.82) is 0 Å². The van der Waals surface area contributed by atoms with Gasteiger partial charge in [-0.05, 0) is 25.0 Å². The van der Waals surface area contributed by atoms with Gasteiger partial charge in [-0.1, -0.05) is 30.3 Å². The van der Waals surface area contributed by atoms with E-state index in [0.29, 0.717) is 30.0 Å². The maximum atomic E-state index is 12.8. The normalized spacial score (nSPS) is 16.9. The second-order valence-electron chi connectivity index (χ2n) is 6.59. The number of hydrogen-bond donors (Lipinski definition) is 0. The number of piperidine rings is 1. The quantitative estimate of drug-likeness (QED) is 0.667. The molecule has 1 aliphatic heterocycles. The number of carbonyl (C=O) groups is 2. The molecule has 1 aromatic carbocycles. The van der Waals surface area contributed by atoms with Crippen molar-refractivity contribution >= 4 is 11.7 Å². The van der Waals surface area contributed by atoms with Crippen molar-refractivity contribution in [2.75, 3.05) is 13.1 Å². The van der Waals surface area contributed by atoms with E-state index in [2.05, 4.69) is 15.2 Å². The van der Waals surface area contributed by atoms with E-state index in [0.717, 1.165) is 12.8 Å². The summed E-state index contributed by atoms with van der Waals surface area (Å²) >= 11 is 0. The van der Waals surface area contributed by atoms with Gasteiger partial charge in [0, 0.05) is 30.8 Å². The number of aromatic nitrogens is 4. The first-order chi connectivity index (χ1) is 13.2. The van der Waals surface area contributed by atoms with E-state index in [9.17, 15) is 9.59 Å². The lowest BCUT2D eigenvalue weighted by Crippen LogP contribution is -2.42. The maximum absolute atomic E-state index is 12.8. The van der Waals surface area contributed by atoms with E-state index in [-0.39, 0.29) is 17.6 Å². The Morgan fingerprint density at radius 1 is 0.963 bits per heavy atom. The van der Waals surface area contributed by atoms with Crippen molar-refractivity contribution in [3.63, 3.8) is 0 Å². The highest BCUT2D eigenvalue weighted by Gasteiger charge is 2.29. The number of nitrogens with zero attached hydrogens (tertiary/aromatic N) is 5. The van der Waals surface area contributed by atoms with Gasteiger partial charge in [-0.15, -0.1) is 10.2 Å². The molecule has 3 aromatic rings. The third-order valence-corrected chi connectivity index (χ3v) is 4.82. The number of amides is 1. The Morgan fingerprint density at radius 3 is 2.44 bits per heavy atom. The molecule has 0 spiro atoms. The molecule has 1 saturated heterocycles. The van der Waals surface area contributed by atoms with E-state index < -0.39 is 0 Å². The molecule has 136 valence electrons. The van der Waals surface area contributed by atoms with Gasteiger partial charge in [0.05, 0.1) is 5.56 Å². The molecule has 0 radical (unpaired) electrons. The van der Waals surface area contributed by atoms with E-state index in [1.54, 1.807) is 40.5 Å². The van der Waals surface area contributed by atoms with Crippen LogP contribution in [0, 0.1) is 5.92 Å². The van der Waals surface area contributed by atoms with Crippen molar-refractivity contribution in [1.82, 2.24) is 24.6 Å². The average Bonchev–Trinajstić information content (AvgIpc) is 3.28. The first kappa shape index (κ1) is 17.1. The summed E-state index contributed by atoms with van der Waals surface area (Å²) < 4.78 is 1.67. The third kappa shape index (κ3) is 3.62. The summed E-state index contributed by atoms with van der Waals surface area (Å²) in [6.07, 6.45) is 6.28. The molecule has 1 aliphatic rings. The first-order valence-electron chi connectivity index (χ1n) is 8.92. The number of ketones is 1. The summed E-state index contributed by atoms with van der Waals surface area (Å²) in [7, 11) is 0. The largest absolute Gasteiger partial charge is 0.338 e. The molecule has 4 rings (SSSR count). The van der Waals surface area contributed by atoms with E-state index in [1.807, 2.05) is 30.3 Å². The second-order valence-corrected chi connectivity index (χ2v) is 6.59. The van der Waals surface area contributed by atoms with Crippen LogP contribution in [-0.2, 0) is 0 Å². The number of hydrogen-bond acceptors (Lipinski definition) is 5. The molecule has 0 aliphatic carbocycles. The monoisotopic (exact) mass is 361 g/mol. The van der Waals surface area contributed by atoms with E-state index in [4.69, 9.17) is 0 Å².